The van der Waals surface area contributed by atoms with E-state index in [1.54, 1.807) is 0 Å². The Morgan fingerprint density at radius 3 is 2.53 bits per heavy atom. The first-order valence-corrected chi connectivity index (χ1v) is 6.21. The van der Waals surface area contributed by atoms with Crippen LogP contribution in [0.3, 0.4) is 0 Å². The number of amides is 1. The van der Waals surface area contributed by atoms with E-state index >= 15 is 0 Å². The molecule has 0 radical (unpaired) electrons. The lowest BCUT2D eigenvalue weighted by atomic mass is 10.2. The van der Waals surface area contributed by atoms with Crippen LogP contribution in [-0.2, 0) is 11.4 Å². The second-order valence-electron chi connectivity index (χ2n) is 4.39. The molecule has 19 heavy (non-hydrogen) atoms. The van der Waals surface area contributed by atoms with Crippen molar-refractivity contribution >= 4 is 11.6 Å². The summed E-state index contributed by atoms with van der Waals surface area (Å²) in [5.41, 5.74) is 2.85. The molecule has 0 spiro atoms. The van der Waals surface area contributed by atoms with Crippen molar-refractivity contribution in [3.63, 3.8) is 0 Å². The minimum Gasteiger partial charge on any atom is -0.489 e. The Balaban J connectivity index is 2.11. The highest BCUT2D eigenvalue weighted by Gasteiger charge is 2.05. The summed E-state index contributed by atoms with van der Waals surface area (Å²) >= 11 is 0. The van der Waals surface area contributed by atoms with Crippen LogP contribution in [0.1, 0.15) is 18.1 Å². The second kappa shape index (κ2) is 6.05. The fourth-order valence-corrected chi connectivity index (χ4v) is 1.83. The lowest BCUT2D eigenvalue weighted by Gasteiger charge is -2.12. The first kappa shape index (κ1) is 13.1. The zero-order valence-corrected chi connectivity index (χ0v) is 11.1. The number of hydrogen-bond acceptors (Lipinski definition) is 2. The van der Waals surface area contributed by atoms with Crippen LogP contribution in [0.4, 0.5) is 5.69 Å². The third-order valence-electron chi connectivity index (χ3n) is 2.80. The highest BCUT2D eigenvalue weighted by atomic mass is 16.5. The Labute approximate surface area is 113 Å². The zero-order valence-electron chi connectivity index (χ0n) is 11.1. The number of nitrogens with one attached hydrogen (secondary N) is 1. The molecule has 0 unspecified atom stereocenters. The number of aryl methyl sites for hydroxylation is 1. The number of carbonyl (C=O) groups excluding carboxylic acids is 1. The lowest BCUT2D eigenvalue weighted by Crippen LogP contribution is -2.09. The molecule has 98 valence electrons. The molecular formula is C16H17NO2. The van der Waals surface area contributed by atoms with Gasteiger partial charge in [-0.1, -0.05) is 36.4 Å². The van der Waals surface area contributed by atoms with Crippen LogP contribution in [0.15, 0.2) is 48.5 Å². The van der Waals surface area contributed by atoms with Gasteiger partial charge in [0.2, 0.25) is 5.91 Å². The minimum atomic E-state index is -0.0802. The van der Waals surface area contributed by atoms with E-state index in [-0.39, 0.29) is 5.91 Å². The largest absolute Gasteiger partial charge is 0.489 e. The summed E-state index contributed by atoms with van der Waals surface area (Å²) in [5.74, 6) is 0.781. The SMILES string of the molecule is CC(=O)Nc1ccccc1COc1ccccc1C. The summed E-state index contributed by atoms with van der Waals surface area (Å²) in [6.07, 6.45) is 0. The van der Waals surface area contributed by atoms with Crippen molar-refractivity contribution in [3.05, 3.63) is 59.7 Å². The summed E-state index contributed by atoms with van der Waals surface area (Å²) in [6, 6.07) is 15.5. The van der Waals surface area contributed by atoms with Crippen molar-refractivity contribution < 1.29 is 9.53 Å². The molecule has 0 fully saturated rings. The molecule has 2 aromatic rings. The molecule has 2 aromatic carbocycles. The molecule has 0 saturated heterocycles. The smallest absolute Gasteiger partial charge is 0.221 e. The molecule has 0 saturated carbocycles. The molecule has 0 heterocycles. The fourth-order valence-electron chi connectivity index (χ4n) is 1.83. The van der Waals surface area contributed by atoms with E-state index in [0.717, 1.165) is 22.6 Å². The number of rotatable bonds is 4. The van der Waals surface area contributed by atoms with Crippen molar-refractivity contribution in [1.82, 2.24) is 0 Å². The maximum absolute atomic E-state index is 11.1. The molecular weight excluding hydrogens is 238 g/mol. The van der Waals surface area contributed by atoms with Gasteiger partial charge in [0.15, 0.2) is 0 Å². The van der Waals surface area contributed by atoms with E-state index in [4.69, 9.17) is 4.74 Å². The fraction of sp³-hybridized carbons (Fsp3) is 0.188. The molecule has 0 aliphatic rings. The molecule has 3 nitrogen and oxygen atoms in total. The van der Waals surface area contributed by atoms with E-state index in [9.17, 15) is 4.79 Å². The molecule has 0 aliphatic carbocycles. The topological polar surface area (TPSA) is 38.3 Å². The summed E-state index contributed by atoms with van der Waals surface area (Å²) < 4.78 is 5.79. The van der Waals surface area contributed by atoms with E-state index in [0.29, 0.717) is 6.61 Å². The van der Waals surface area contributed by atoms with Crippen LogP contribution in [0.5, 0.6) is 5.75 Å². The predicted octanol–water partition coefficient (Wildman–Crippen LogP) is 3.53. The Morgan fingerprint density at radius 2 is 1.79 bits per heavy atom. The average molecular weight is 255 g/mol. The Kier molecular flexibility index (Phi) is 4.18. The summed E-state index contributed by atoms with van der Waals surface area (Å²) in [5, 5.41) is 2.81. The number of carbonyl (C=O) groups is 1. The van der Waals surface area contributed by atoms with Gasteiger partial charge in [-0.25, -0.2) is 0 Å². The normalized spacial score (nSPS) is 10.0. The average Bonchev–Trinajstić information content (AvgIpc) is 2.39. The number of hydrogen-bond donors (Lipinski definition) is 1. The van der Waals surface area contributed by atoms with Crippen molar-refractivity contribution in [1.29, 1.82) is 0 Å². The van der Waals surface area contributed by atoms with Gasteiger partial charge in [0.1, 0.15) is 12.4 Å². The first-order valence-electron chi connectivity index (χ1n) is 6.21. The van der Waals surface area contributed by atoms with Gasteiger partial charge >= 0.3 is 0 Å². The Bertz CT molecular complexity index is 578. The van der Waals surface area contributed by atoms with Crippen LogP contribution in [0.2, 0.25) is 0 Å². The van der Waals surface area contributed by atoms with Gasteiger partial charge in [0.05, 0.1) is 0 Å². The number of para-hydroxylation sites is 2. The second-order valence-corrected chi connectivity index (χ2v) is 4.39. The number of anilines is 1. The van der Waals surface area contributed by atoms with E-state index in [2.05, 4.69) is 5.32 Å². The molecule has 0 atom stereocenters. The Morgan fingerprint density at radius 1 is 1.11 bits per heavy atom. The van der Waals surface area contributed by atoms with Gasteiger partial charge in [0.25, 0.3) is 0 Å². The number of benzene rings is 2. The maximum atomic E-state index is 11.1. The summed E-state index contributed by atoms with van der Waals surface area (Å²) in [7, 11) is 0. The van der Waals surface area contributed by atoms with E-state index < -0.39 is 0 Å². The van der Waals surface area contributed by atoms with Crippen LogP contribution in [0.25, 0.3) is 0 Å². The molecule has 3 heteroatoms. The highest BCUT2D eigenvalue weighted by Crippen LogP contribution is 2.21. The van der Waals surface area contributed by atoms with Gasteiger partial charge in [0, 0.05) is 18.2 Å². The standard InChI is InChI=1S/C16H17NO2/c1-12-7-3-6-10-16(12)19-11-14-8-4-5-9-15(14)17-13(2)18/h3-10H,11H2,1-2H3,(H,17,18). The quantitative estimate of drug-likeness (QED) is 0.907. The van der Waals surface area contributed by atoms with Gasteiger partial charge in [-0.3, -0.25) is 4.79 Å². The van der Waals surface area contributed by atoms with Crippen LogP contribution >= 0.6 is 0 Å². The predicted molar refractivity (Wildman–Crippen MR) is 76.3 cm³/mol. The molecule has 0 bridgehead atoms. The highest BCUT2D eigenvalue weighted by molar-refractivity contribution is 5.89. The number of ether oxygens (including phenoxy) is 1. The first-order chi connectivity index (χ1) is 9.16. The van der Waals surface area contributed by atoms with Gasteiger partial charge < -0.3 is 10.1 Å². The van der Waals surface area contributed by atoms with Crippen LogP contribution in [-0.4, -0.2) is 5.91 Å². The van der Waals surface area contributed by atoms with Gasteiger partial charge in [-0.05, 0) is 24.6 Å². The van der Waals surface area contributed by atoms with Crippen molar-refractivity contribution in [3.8, 4) is 5.75 Å². The van der Waals surface area contributed by atoms with E-state index in [1.165, 1.54) is 6.92 Å². The van der Waals surface area contributed by atoms with Crippen LogP contribution < -0.4 is 10.1 Å². The maximum Gasteiger partial charge on any atom is 0.221 e. The third-order valence-corrected chi connectivity index (χ3v) is 2.80. The minimum absolute atomic E-state index is 0.0802. The molecule has 0 aliphatic heterocycles. The Hall–Kier alpha value is -2.29. The monoisotopic (exact) mass is 255 g/mol. The zero-order chi connectivity index (χ0) is 13.7. The summed E-state index contributed by atoms with van der Waals surface area (Å²) in [4.78, 5) is 11.1. The van der Waals surface area contributed by atoms with Crippen LogP contribution in [0, 0.1) is 6.92 Å². The molecule has 0 aromatic heterocycles. The van der Waals surface area contributed by atoms with Gasteiger partial charge in [-0.2, -0.15) is 0 Å². The third kappa shape index (κ3) is 3.58. The summed E-state index contributed by atoms with van der Waals surface area (Å²) in [6.45, 7) is 3.94. The molecule has 1 amide bonds. The lowest BCUT2D eigenvalue weighted by molar-refractivity contribution is -0.114. The van der Waals surface area contributed by atoms with Crippen molar-refractivity contribution in [2.75, 3.05) is 5.32 Å². The van der Waals surface area contributed by atoms with E-state index in [1.807, 2.05) is 55.5 Å². The molecule has 2 rings (SSSR count). The van der Waals surface area contributed by atoms with Crippen molar-refractivity contribution in [2.24, 2.45) is 0 Å². The van der Waals surface area contributed by atoms with Crippen molar-refractivity contribution in [2.45, 2.75) is 20.5 Å². The van der Waals surface area contributed by atoms with Gasteiger partial charge in [-0.15, -0.1) is 0 Å². The molecule has 1 N–H and O–H groups in total.